The van der Waals surface area contributed by atoms with Crippen LogP contribution in [-0.2, 0) is 5.41 Å². The van der Waals surface area contributed by atoms with Gasteiger partial charge in [0.1, 0.15) is 0 Å². The fourth-order valence-corrected chi connectivity index (χ4v) is 4.27. The summed E-state index contributed by atoms with van der Waals surface area (Å²) in [4.78, 5) is 0. The van der Waals surface area contributed by atoms with E-state index in [0.717, 1.165) is 0 Å². The van der Waals surface area contributed by atoms with E-state index in [-0.39, 0.29) is 5.41 Å². The first kappa shape index (κ1) is 17.5. The Hall–Kier alpha value is -2.86. The number of hydrogen-bond acceptors (Lipinski definition) is 0. The van der Waals surface area contributed by atoms with Crippen LogP contribution >= 0.6 is 0 Å². The van der Waals surface area contributed by atoms with Crippen LogP contribution in [0.15, 0.2) is 84.9 Å². The standard InChI is InChI=1S/C25H20.C2H6/c1-25(2)23-10-6-5-9-21(23)22-16-20(13-14-24(22)25)19-12-11-17-7-3-4-8-18(17)15-19;1-2/h3-16H,1-2H3;1-2H3. The van der Waals surface area contributed by atoms with Crippen LogP contribution in [0, 0.1) is 0 Å². The summed E-state index contributed by atoms with van der Waals surface area (Å²) in [5.74, 6) is 0. The van der Waals surface area contributed by atoms with Gasteiger partial charge >= 0.3 is 0 Å². The summed E-state index contributed by atoms with van der Waals surface area (Å²) in [6.07, 6.45) is 0. The van der Waals surface area contributed by atoms with E-state index in [9.17, 15) is 0 Å². The van der Waals surface area contributed by atoms with Crippen molar-refractivity contribution in [1.29, 1.82) is 0 Å². The maximum Gasteiger partial charge on any atom is 0.0158 e. The van der Waals surface area contributed by atoms with Gasteiger partial charge in [-0.2, -0.15) is 0 Å². The minimum atomic E-state index is 0.0772. The normalized spacial score (nSPS) is 13.5. The molecule has 134 valence electrons. The van der Waals surface area contributed by atoms with Crippen molar-refractivity contribution in [2.45, 2.75) is 33.1 Å². The molecule has 1 aliphatic carbocycles. The molecule has 0 saturated heterocycles. The van der Waals surface area contributed by atoms with Crippen molar-refractivity contribution >= 4 is 10.8 Å². The molecule has 0 amide bonds. The zero-order valence-corrected chi connectivity index (χ0v) is 16.6. The molecule has 0 radical (unpaired) electrons. The molecule has 0 bridgehead atoms. The lowest BCUT2D eigenvalue weighted by Crippen LogP contribution is -2.14. The van der Waals surface area contributed by atoms with Gasteiger partial charge in [0.15, 0.2) is 0 Å². The molecule has 5 rings (SSSR count). The van der Waals surface area contributed by atoms with Crippen LogP contribution in [0.5, 0.6) is 0 Å². The van der Waals surface area contributed by atoms with Gasteiger partial charge < -0.3 is 0 Å². The molecule has 27 heavy (non-hydrogen) atoms. The lowest BCUT2D eigenvalue weighted by atomic mass is 9.82. The number of rotatable bonds is 1. The molecule has 0 atom stereocenters. The second kappa shape index (κ2) is 6.70. The first-order chi connectivity index (χ1) is 13.1. The Morgan fingerprint density at radius 2 is 1.11 bits per heavy atom. The summed E-state index contributed by atoms with van der Waals surface area (Å²) in [5, 5.41) is 2.58. The summed E-state index contributed by atoms with van der Waals surface area (Å²) >= 11 is 0. The fraction of sp³-hybridized carbons (Fsp3) is 0.185. The van der Waals surface area contributed by atoms with E-state index in [1.54, 1.807) is 0 Å². The summed E-state index contributed by atoms with van der Waals surface area (Å²) in [5.41, 5.74) is 8.27. The Morgan fingerprint density at radius 3 is 1.93 bits per heavy atom. The van der Waals surface area contributed by atoms with Crippen molar-refractivity contribution in [1.82, 2.24) is 0 Å². The lowest BCUT2D eigenvalue weighted by molar-refractivity contribution is 0.660. The van der Waals surface area contributed by atoms with E-state index >= 15 is 0 Å². The van der Waals surface area contributed by atoms with Gasteiger partial charge in [-0.05, 0) is 56.3 Å². The van der Waals surface area contributed by atoms with Crippen LogP contribution < -0.4 is 0 Å². The van der Waals surface area contributed by atoms with Gasteiger partial charge in [-0.25, -0.2) is 0 Å². The average molecular weight is 351 g/mol. The van der Waals surface area contributed by atoms with Gasteiger partial charge in [-0.1, -0.05) is 100 Å². The average Bonchev–Trinajstić information content (AvgIpc) is 2.96. The van der Waals surface area contributed by atoms with Crippen LogP contribution in [0.3, 0.4) is 0 Å². The Balaban J connectivity index is 0.000000872. The predicted molar refractivity (Wildman–Crippen MR) is 118 cm³/mol. The van der Waals surface area contributed by atoms with E-state index in [0.29, 0.717) is 0 Å². The van der Waals surface area contributed by atoms with Crippen molar-refractivity contribution in [2.24, 2.45) is 0 Å². The third-order valence-electron chi connectivity index (χ3n) is 5.67. The van der Waals surface area contributed by atoms with Crippen molar-refractivity contribution in [3.05, 3.63) is 96.1 Å². The maximum absolute atomic E-state index is 2.37. The van der Waals surface area contributed by atoms with Crippen molar-refractivity contribution < 1.29 is 0 Å². The molecular formula is C27H26. The van der Waals surface area contributed by atoms with Crippen molar-refractivity contribution in [2.75, 3.05) is 0 Å². The fourth-order valence-electron chi connectivity index (χ4n) is 4.27. The highest BCUT2D eigenvalue weighted by atomic mass is 14.4. The highest BCUT2D eigenvalue weighted by molar-refractivity contribution is 5.89. The quantitative estimate of drug-likeness (QED) is 0.328. The van der Waals surface area contributed by atoms with Gasteiger partial charge in [0, 0.05) is 5.41 Å². The zero-order valence-electron chi connectivity index (χ0n) is 16.6. The van der Waals surface area contributed by atoms with Gasteiger partial charge in [0.2, 0.25) is 0 Å². The van der Waals surface area contributed by atoms with Crippen LogP contribution in [0.2, 0.25) is 0 Å². The molecule has 4 aromatic carbocycles. The van der Waals surface area contributed by atoms with Gasteiger partial charge in [0.05, 0.1) is 0 Å². The second-order valence-corrected chi connectivity index (χ2v) is 7.49. The molecular weight excluding hydrogens is 324 g/mol. The number of hydrogen-bond donors (Lipinski definition) is 0. The minimum absolute atomic E-state index is 0.0772. The van der Waals surface area contributed by atoms with E-state index < -0.39 is 0 Å². The van der Waals surface area contributed by atoms with Gasteiger partial charge in [-0.15, -0.1) is 0 Å². The molecule has 0 fully saturated rings. The smallest absolute Gasteiger partial charge is 0.0158 e. The Labute approximate surface area is 162 Å². The topological polar surface area (TPSA) is 0 Å². The Morgan fingerprint density at radius 1 is 0.519 bits per heavy atom. The molecule has 0 nitrogen and oxygen atoms in total. The molecule has 0 aromatic heterocycles. The van der Waals surface area contributed by atoms with Crippen molar-refractivity contribution in [3.8, 4) is 22.3 Å². The number of benzene rings is 4. The van der Waals surface area contributed by atoms with Crippen molar-refractivity contribution in [3.63, 3.8) is 0 Å². The molecule has 1 aliphatic rings. The first-order valence-electron chi connectivity index (χ1n) is 9.88. The molecule has 0 N–H and O–H groups in total. The second-order valence-electron chi connectivity index (χ2n) is 7.49. The molecule has 0 spiro atoms. The summed E-state index contributed by atoms with van der Waals surface area (Å²) in [6.45, 7) is 8.65. The molecule has 0 unspecified atom stereocenters. The van der Waals surface area contributed by atoms with Crippen LogP contribution in [-0.4, -0.2) is 0 Å². The Bertz CT molecular complexity index is 1120. The summed E-state index contributed by atoms with van der Waals surface area (Å²) < 4.78 is 0. The highest BCUT2D eigenvalue weighted by Gasteiger charge is 2.34. The zero-order chi connectivity index (χ0) is 19.0. The largest absolute Gasteiger partial charge is 0.0683 e. The SMILES string of the molecule is CC.CC1(C)c2ccccc2-c2cc(-c3ccc4ccccc4c3)ccc21. The summed E-state index contributed by atoms with van der Waals surface area (Å²) in [7, 11) is 0. The van der Waals surface area contributed by atoms with Crippen LogP contribution in [0.4, 0.5) is 0 Å². The molecule has 0 heteroatoms. The number of fused-ring (bicyclic) bond motifs is 4. The first-order valence-corrected chi connectivity index (χ1v) is 9.88. The molecule has 0 aliphatic heterocycles. The predicted octanol–water partition coefficient (Wildman–Crippen LogP) is 7.84. The van der Waals surface area contributed by atoms with E-state index in [1.165, 1.54) is 44.2 Å². The van der Waals surface area contributed by atoms with Crippen LogP contribution in [0.25, 0.3) is 33.0 Å². The highest BCUT2D eigenvalue weighted by Crippen LogP contribution is 2.49. The van der Waals surface area contributed by atoms with Crippen LogP contribution in [0.1, 0.15) is 38.8 Å². The molecule has 4 aromatic rings. The lowest BCUT2D eigenvalue weighted by Gasteiger charge is -2.21. The van der Waals surface area contributed by atoms with Gasteiger partial charge in [0.25, 0.3) is 0 Å². The monoisotopic (exact) mass is 350 g/mol. The maximum atomic E-state index is 2.37. The van der Waals surface area contributed by atoms with E-state index in [2.05, 4.69) is 98.8 Å². The molecule has 0 heterocycles. The third kappa shape index (κ3) is 2.77. The molecule has 0 saturated carbocycles. The minimum Gasteiger partial charge on any atom is -0.0683 e. The third-order valence-corrected chi connectivity index (χ3v) is 5.67. The van der Waals surface area contributed by atoms with Gasteiger partial charge in [-0.3, -0.25) is 0 Å². The Kier molecular flexibility index (Phi) is 4.36. The van der Waals surface area contributed by atoms with E-state index in [1.807, 2.05) is 13.8 Å². The summed E-state index contributed by atoms with van der Waals surface area (Å²) in [6, 6.07) is 31.1. The van der Waals surface area contributed by atoms with E-state index in [4.69, 9.17) is 0 Å².